The zero-order chi connectivity index (χ0) is 11.5. The molecule has 81 valence electrons. The van der Waals surface area contributed by atoms with Crippen molar-refractivity contribution >= 4 is 69.3 Å². The Bertz CT molecular complexity index is 276. The second kappa shape index (κ2) is 6.53. The molecule has 2 atom stereocenters. The molecule has 0 fully saturated rings. The average molecular weight is 247 g/mol. The fourth-order valence-corrected chi connectivity index (χ4v) is 0.724. The number of carbonyl (C=O) groups is 3. The van der Waals surface area contributed by atoms with Crippen LogP contribution in [0.1, 0.15) is 6.42 Å². The van der Waals surface area contributed by atoms with Crippen molar-refractivity contribution < 1.29 is 39.9 Å². The van der Waals surface area contributed by atoms with Gasteiger partial charge in [-0.1, -0.05) is 0 Å². The van der Waals surface area contributed by atoms with E-state index < -0.39 is 36.0 Å². The molecule has 9 heteroatoms. The van der Waals surface area contributed by atoms with E-state index in [-0.39, 0.29) is 51.4 Å². The van der Waals surface area contributed by atoms with Crippen molar-refractivity contribution in [3.05, 3.63) is 0 Å². The first-order chi connectivity index (χ1) is 6.21. The molecule has 15 heavy (non-hydrogen) atoms. The predicted octanol–water partition coefficient (Wildman–Crippen LogP) is -2.66. The van der Waals surface area contributed by atoms with Gasteiger partial charge in [0.1, 0.15) is 0 Å². The standard InChI is InChI=1S/C6H8O8.K/c7-2(8)1-6(14,5(12)13)3(9)4(10)11;/h3,9,14H,1H2,(H,7,8)(H,10,11)(H,12,13);. The number of carboxylic acid groups (broad SMARTS) is 3. The van der Waals surface area contributed by atoms with Crippen LogP contribution in [0.25, 0.3) is 0 Å². The second-order valence-electron chi connectivity index (χ2n) is 2.54. The van der Waals surface area contributed by atoms with Gasteiger partial charge in [-0.15, -0.1) is 0 Å². The van der Waals surface area contributed by atoms with Crippen LogP contribution in [0.5, 0.6) is 0 Å². The van der Waals surface area contributed by atoms with Gasteiger partial charge in [0.05, 0.1) is 6.42 Å². The van der Waals surface area contributed by atoms with Gasteiger partial charge in [-0.05, 0) is 0 Å². The molecule has 0 saturated carbocycles. The van der Waals surface area contributed by atoms with E-state index in [2.05, 4.69) is 0 Å². The van der Waals surface area contributed by atoms with Crippen LogP contribution in [0, 0.1) is 0 Å². The van der Waals surface area contributed by atoms with Crippen LogP contribution in [0.3, 0.4) is 0 Å². The maximum atomic E-state index is 10.4. The Morgan fingerprint density at radius 3 is 1.73 bits per heavy atom. The average Bonchev–Trinajstić information content (AvgIpc) is 2.00. The van der Waals surface area contributed by atoms with E-state index in [0.29, 0.717) is 0 Å². The minimum absolute atomic E-state index is 0. The Kier molecular flexibility index (Phi) is 7.56. The summed E-state index contributed by atoms with van der Waals surface area (Å²) in [6.07, 6.45) is -4.11. The van der Waals surface area contributed by atoms with Crippen LogP contribution >= 0.6 is 0 Å². The van der Waals surface area contributed by atoms with Crippen molar-refractivity contribution in [2.45, 2.75) is 18.1 Å². The van der Waals surface area contributed by atoms with Crippen molar-refractivity contribution in [1.29, 1.82) is 0 Å². The van der Waals surface area contributed by atoms with E-state index in [1.165, 1.54) is 0 Å². The number of hydrogen-bond donors (Lipinski definition) is 5. The maximum absolute atomic E-state index is 10.4. The molecule has 0 aromatic heterocycles. The van der Waals surface area contributed by atoms with Gasteiger partial charge < -0.3 is 25.5 Å². The SMILES string of the molecule is O=C(O)CC(O)(C(=O)O)C(O)C(=O)O.[K]. The number of carboxylic acids is 3. The number of aliphatic hydroxyl groups is 2. The van der Waals surface area contributed by atoms with E-state index >= 15 is 0 Å². The van der Waals surface area contributed by atoms with Crippen molar-refractivity contribution in [1.82, 2.24) is 0 Å². The van der Waals surface area contributed by atoms with Crippen molar-refractivity contribution in [3.8, 4) is 0 Å². The van der Waals surface area contributed by atoms with Gasteiger partial charge in [0.15, 0.2) is 6.10 Å². The first-order valence-corrected chi connectivity index (χ1v) is 3.30. The van der Waals surface area contributed by atoms with Gasteiger partial charge in [-0.3, -0.25) is 4.79 Å². The molecule has 0 aliphatic rings. The van der Waals surface area contributed by atoms with Gasteiger partial charge in [-0.25, -0.2) is 9.59 Å². The quantitative estimate of drug-likeness (QED) is 0.330. The molecule has 0 aromatic rings. The van der Waals surface area contributed by atoms with Gasteiger partial charge in [0.2, 0.25) is 5.60 Å². The van der Waals surface area contributed by atoms with Crippen LogP contribution in [0.15, 0.2) is 0 Å². The number of aliphatic hydroxyl groups excluding tert-OH is 1. The molecule has 0 heterocycles. The van der Waals surface area contributed by atoms with Gasteiger partial charge in [-0.2, -0.15) is 0 Å². The van der Waals surface area contributed by atoms with Crippen LogP contribution in [-0.4, -0.2) is 107 Å². The zero-order valence-corrected chi connectivity index (χ0v) is 10.9. The van der Waals surface area contributed by atoms with E-state index in [4.69, 9.17) is 25.5 Å². The summed E-state index contributed by atoms with van der Waals surface area (Å²) < 4.78 is 0. The van der Waals surface area contributed by atoms with E-state index in [0.717, 1.165) is 0 Å². The first-order valence-electron chi connectivity index (χ1n) is 3.30. The summed E-state index contributed by atoms with van der Waals surface area (Å²) in [5.74, 6) is -5.87. The summed E-state index contributed by atoms with van der Waals surface area (Å²) >= 11 is 0. The molecule has 0 amide bonds. The molecule has 0 aromatic carbocycles. The molecule has 2 unspecified atom stereocenters. The fourth-order valence-electron chi connectivity index (χ4n) is 0.724. The summed E-state index contributed by atoms with van der Waals surface area (Å²) in [4.78, 5) is 30.7. The van der Waals surface area contributed by atoms with E-state index in [9.17, 15) is 14.4 Å². The third-order valence-corrected chi connectivity index (χ3v) is 1.48. The van der Waals surface area contributed by atoms with E-state index in [1.54, 1.807) is 0 Å². The Hall–Kier alpha value is -0.0336. The molecule has 8 nitrogen and oxygen atoms in total. The molecule has 0 saturated heterocycles. The minimum Gasteiger partial charge on any atom is -0.481 e. The summed E-state index contributed by atoms with van der Waals surface area (Å²) in [5.41, 5.74) is -3.22. The maximum Gasteiger partial charge on any atom is 0.339 e. The first kappa shape index (κ1) is 17.4. The molecule has 5 N–H and O–H groups in total. The Labute approximate surface area is 126 Å². The molecular formula is C6H8KO8. The molecule has 0 bridgehead atoms. The van der Waals surface area contributed by atoms with Crippen LogP contribution < -0.4 is 0 Å². The van der Waals surface area contributed by atoms with Crippen molar-refractivity contribution in [2.75, 3.05) is 0 Å². The van der Waals surface area contributed by atoms with Crippen LogP contribution in [0.4, 0.5) is 0 Å². The van der Waals surface area contributed by atoms with Gasteiger partial charge in [0, 0.05) is 51.4 Å². The van der Waals surface area contributed by atoms with Crippen LogP contribution in [-0.2, 0) is 14.4 Å². The zero-order valence-electron chi connectivity index (χ0n) is 7.75. The molecule has 0 aliphatic heterocycles. The molecule has 0 aliphatic carbocycles. The topological polar surface area (TPSA) is 152 Å². The summed E-state index contributed by atoms with van der Waals surface area (Å²) in [6, 6.07) is 0. The van der Waals surface area contributed by atoms with E-state index in [1.807, 2.05) is 0 Å². The number of rotatable bonds is 5. The second-order valence-corrected chi connectivity index (χ2v) is 2.54. The number of aliphatic carboxylic acids is 3. The van der Waals surface area contributed by atoms with Gasteiger partial charge in [0.25, 0.3) is 0 Å². The van der Waals surface area contributed by atoms with Crippen LogP contribution in [0.2, 0.25) is 0 Å². The van der Waals surface area contributed by atoms with Crippen molar-refractivity contribution in [2.24, 2.45) is 0 Å². The summed E-state index contributed by atoms with van der Waals surface area (Å²) in [7, 11) is 0. The summed E-state index contributed by atoms with van der Waals surface area (Å²) in [5, 5.41) is 42.6. The van der Waals surface area contributed by atoms with Gasteiger partial charge >= 0.3 is 17.9 Å². The Morgan fingerprint density at radius 1 is 1.13 bits per heavy atom. The molecule has 1 radical (unpaired) electrons. The predicted molar refractivity (Wildman–Crippen MR) is 44.2 cm³/mol. The fraction of sp³-hybridized carbons (Fsp3) is 0.500. The third-order valence-electron chi connectivity index (χ3n) is 1.48. The molecule has 0 rings (SSSR count). The number of hydrogen-bond acceptors (Lipinski definition) is 5. The molecular weight excluding hydrogens is 239 g/mol. The summed E-state index contributed by atoms with van der Waals surface area (Å²) in [6.45, 7) is 0. The molecule has 0 spiro atoms. The minimum atomic E-state index is -3.22. The van der Waals surface area contributed by atoms with Crippen molar-refractivity contribution in [3.63, 3.8) is 0 Å². The normalized spacial score (nSPS) is 15.6. The third kappa shape index (κ3) is 4.55. The largest absolute Gasteiger partial charge is 0.481 e. The monoisotopic (exact) mass is 247 g/mol. The smallest absolute Gasteiger partial charge is 0.339 e. The Balaban J connectivity index is 0. The Morgan fingerprint density at radius 2 is 1.53 bits per heavy atom.